The summed E-state index contributed by atoms with van der Waals surface area (Å²) in [5, 5.41) is 2.79. The molecule has 0 aliphatic rings. The van der Waals surface area contributed by atoms with Crippen molar-refractivity contribution in [2.24, 2.45) is 5.92 Å². The third kappa shape index (κ3) is 4.41. The van der Waals surface area contributed by atoms with Gasteiger partial charge < -0.3 is 5.32 Å². The Bertz CT molecular complexity index is 409. The average Bonchev–Trinajstić information content (AvgIpc) is 2.35. The van der Waals surface area contributed by atoms with Crippen molar-refractivity contribution in [3.05, 3.63) is 28.5 Å². The lowest BCUT2D eigenvalue weighted by molar-refractivity contribution is -0.120. The lowest BCUT2D eigenvalue weighted by Gasteiger charge is -2.15. The van der Waals surface area contributed by atoms with Gasteiger partial charge in [-0.3, -0.25) is 4.79 Å². The van der Waals surface area contributed by atoms with Gasteiger partial charge in [-0.15, -0.1) is 0 Å². The Morgan fingerprint density at radius 2 is 2.17 bits per heavy atom. The highest BCUT2D eigenvalue weighted by atomic mass is 79.9. The fourth-order valence-corrected chi connectivity index (χ4v) is 2.14. The van der Waals surface area contributed by atoms with Crippen LogP contribution in [0.5, 0.6) is 0 Å². The molecule has 2 nitrogen and oxygen atoms in total. The molecule has 0 aliphatic heterocycles. The number of carbonyl (C=O) groups is 1. The molecule has 1 N–H and O–H groups in total. The van der Waals surface area contributed by atoms with Crippen LogP contribution in [0.2, 0.25) is 0 Å². The molecule has 1 unspecified atom stereocenters. The van der Waals surface area contributed by atoms with E-state index >= 15 is 0 Å². The molecule has 100 valence electrons. The van der Waals surface area contributed by atoms with E-state index in [0.717, 1.165) is 25.7 Å². The van der Waals surface area contributed by atoms with Gasteiger partial charge in [0.2, 0.25) is 5.91 Å². The molecule has 0 radical (unpaired) electrons. The number of anilines is 1. The monoisotopic (exact) mass is 315 g/mol. The Balaban J connectivity index is 2.70. The summed E-state index contributed by atoms with van der Waals surface area (Å²) in [4.78, 5) is 12.1. The van der Waals surface area contributed by atoms with Crippen LogP contribution in [-0.4, -0.2) is 5.91 Å². The van der Waals surface area contributed by atoms with Gasteiger partial charge in [0.25, 0.3) is 0 Å². The van der Waals surface area contributed by atoms with Crippen molar-refractivity contribution in [1.29, 1.82) is 0 Å². The summed E-state index contributed by atoms with van der Waals surface area (Å²) in [5.41, 5.74) is 0.495. The van der Waals surface area contributed by atoms with E-state index in [1.165, 1.54) is 12.1 Å². The lowest BCUT2D eigenvalue weighted by atomic mass is 9.98. The van der Waals surface area contributed by atoms with Crippen LogP contribution < -0.4 is 5.32 Å². The van der Waals surface area contributed by atoms with Crippen LogP contribution in [0, 0.1) is 11.7 Å². The number of benzene rings is 1. The molecule has 18 heavy (non-hydrogen) atoms. The molecular weight excluding hydrogens is 297 g/mol. The van der Waals surface area contributed by atoms with Crippen LogP contribution in [0.25, 0.3) is 0 Å². The summed E-state index contributed by atoms with van der Waals surface area (Å²) in [7, 11) is 0. The quantitative estimate of drug-likeness (QED) is 0.807. The normalized spacial score (nSPS) is 12.2. The summed E-state index contributed by atoms with van der Waals surface area (Å²) in [6.45, 7) is 4.11. The van der Waals surface area contributed by atoms with Crippen LogP contribution in [-0.2, 0) is 4.79 Å². The molecule has 0 saturated carbocycles. The number of hydrogen-bond donors (Lipinski definition) is 1. The number of carbonyl (C=O) groups excluding carboxylic acids is 1. The zero-order valence-corrected chi connectivity index (χ0v) is 12.4. The first-order valence-electron chi connectivity index (χ1n) is 6.34. The highest BCUT2D eigenvalue weighted by Crippen LogP contribution is 2.24. The van der Waals surface area contributed by atoms with Gasteiger partial charge in [-0.05, 0) is 47.0 Å². The van der Waals surface area contributed by atoms with Gasteiger partial charge in [-0.25, -0.2) is 4.39 Å². The Labute approximate surface area is 116 Å². The number of nitrogens with one attached hydrogen (secondary N) is 1. The fourth-order valence-electron chi connectivity index (χ4n) is 1.80. The molecule has 0 heterocycles. The first kappa shape index (κ1) is 15.2. The first-order chi connectivity index (χ1) is 8.58. The molecule has 0 saturated heterocycles. The lowest BCUT2D eigenvalue weighted by Crippen LogP contribution is -2.22. The van der Waals surface area contributed by atoms with E-state index in [2.05, 4.69) is 28.2 Å². The molecule has 1 amide bonds. The van der Waals surface area contributed by atoms with Crippen molar-refractivity contribution in [1.82, 2.24) is 0 Å². The van der Waals surface area contributed by atoms with Gasteiger partial charge in [-0.1, -0.05) is 26.7 Å². The molecule has 0 aromatic heterocycles. The van der Waals surface area contributed by atoms with E-state index in [1.807, 2.05) is 6.92 Å². The predicted octanol–water partition coefficient (Wildman–Crippen LogP) is 4.74. The van der Waals surface area contributed by atoms with Gasteiger partial charge >= 0.3 is 0 Å². The number of amides is 1. The number of halogens is 2. The van der Waals surface area contributed by atoms with Crippen molar-refractivity contribution in [3.8, 4) is 0 Å². The summed E-state index contributed by atoms with van der Waals surface area (Å²) < 4.78 is 13.8. The first-order valence-corrected chi connectivity index (χ1v) is 7.13. The van der Waals surface area contributed by atoms with E-state index < -0.39 is 0 Å². The van der Waals surface area contributed by atoms with Crippen molar-refractivity contribution >= 4 is 27.5 Å². The van der Waals surface area contributed by atoms with Crippen molar-refractivity contribution < 1.29 is 9.18 Å². The van der Waals surface area contributed by atoms with E-state index in [9.17, 15) is 9.18 Å². The topological polar surface area (TPSA) is 29.1 Å². The van der Waals surface area contributed by atoms with Crippen LogP contribution in [0.4, 0.5) is 10.1 Å². The molecule has 1 rings (SSSR count). The Morgan fingerprint density at radius 3 is 2.78 bits per heavy atom. The molecule has 0 fully saturated rings. The average molecular weight is 316 g/mol. The molecule has 1 aromatic rings. The van der Waals surface area contributed by atoms with Crippen LogP contribution in [0.3, 0.4) is 0 Å². The zero-order chi connectivity index (χ0) is 13.5. The molecular formula is C14H19BrFNO. The minimum atomic E-state index is -0.352. The van der Waals surface area contributed by atoms with Gasteiger partial charge in [0.1, 0.15) is 5.82 Å². The Kier molecular flexibility index (Phi) is 6.33. The second kappa shape index (κ2) is 7.52. The minimum Gasteiger partial charge on any atom is -0.325 e. The second-order valence-electron chi connectivity index (χ2n) is 4.36. The third-order valence-corrected chi connectivity index (χ3v) is 3.65. The van der Waals surface area contributed by atoms with Crippen molar-refractivity contribution in [3.63, 3.8) is 0 Å². The number of rotatable bonds is 6. The van der Waals surface area contributed by atoms with E-state index in [0.29, 0.717) is 10.2 Å². The van der Waals surface area contributed by atoms with Crippen molar-refractivity contribution in [2.75, 3.05) is 5.32 Å². The number of unbranched alkanes of at least 4 members (excludes halogenated alkanes) is 1. The summed E-state index contributed by atoms with van der Waals surface area (Å²) in [6.07, 6.45) is 3.80. The molecule has 4 heteroatoms. The maximum Gasteiger partial charge on any atom is 0.227 e. The maximum absolute atomic E-state index is 13.1. The Morgan fingerprint density at radius 1 is 1.44 bits per heavy atom. The highest BCUT2D eigenvalue weighted by Gasteiger charge is 2.16. The standard InChI is InChI=1S/C14H19BrFNO/c1-3-5-6-10(4-2)14(18)17-13-9-11(16)7-8-12(13)15/h7-10H,3-6H2,1-2H3,(H,17,18). The minimum absolute atomic E-state index is 0.000109. The third-order valence-electron chi connectivity index (χ3n) is 2.96. The summed E-state index contributed by atoms with van der Waals surface area (Å²) >= 11 is 3.30. The smallest absolute Gasteiger partial charge is 0.227 e. The summed E-state index contributed by atoms with van der Waals surface area (Å²) in [6, 6.07) is 4.28. The molecule has 1 aromatic carbocycles. The van der Waals surface area contributed by atoms with Gasteiger partial charge in [-0.2, -0.15) is 0 Å². The Hall–Kier alpha value is -0.900. The van der Waals surface area contributed by atoms with E-state index in [1.54, 1.807) is 6.07 Å². The second-order valence-corrected chi connectivity index (χ2v) is 5.22. The largest absolute Gasteiger partial charge is 0.325 e. The predicted molar refractivity (Wildman–Crippen MR) is 76.0 cm³/mol. The molecule has 1 atom stereocenters. The van der Waals surface area contributed by atoms with Gasteiger partial charge in [0, 0.05) is 10.4 Å². The maximum atomic E-state index is 13.1. The fraction of sp³-hybridized carbons (Fsp3) is 0.500. The van der Waals surface area contributed by atoms with Crippen LogP contribution >= 0.6 is 15.9 Å². The van der Waals surface area contributed by atoms with Gasteiger partial charge in [0.05, 0.1) is 5.69 Å². The molecule has 0 aliphatic carbocycles. The molecule has 0 bridgehead atoms. The van der Waals surface area contributed by atoms with Crippen LogP contribution in [0.15, 0.2) is 22.7 Å². The van der Waals surface area contributed by atoms with E-state index in [4.69, 9.17) is 0 Å². The van der Waals surface area contributed by atoms with E-state index in [-0.39, 0.29) is 17.6 Å². The zero-order valence-electron chi connectivity index (χ0n) is 10.8. The van der Waals surface area contributed by atoms with Gasteiger partial charge in [0.15, 0.2) is 0 Å². The molecule has 0 spiro atoms. The SMILES string of the molecule is CCCCC(CC)C(=O)Nc1cc(F)ccc1Br. The highest BCUT2D eigenvalue weighted by molar-refractivity contribution is 9.10. The van der Waals surface area contributed by atoms with Crippen LogP contribution in [0.1, 0.15) is 39.5 Å². The number of hydrogen-bond acceptors (Lipinski definition) is 1. The van der Waals surface area contributed by atoms with Crippen molar-refractivity contribution in [2.45, 2.75) is 39.5 Å². The summed E-state index contributed by atoms with van der Waals surface area (Å²) in [5.74, 6) is -0.382.